The number of rotatable bonds is 12. The van der Waals surface area contributed by atoms with E-state index in [0.29, 0.717) is 6.54 Å². The van der Waals surface area contributed by atoms with Gasteiger partial charge in [-0.05, 0) is 18.4 Å². The van der Waals surface area contributed by atoms with Gasteiger partial charge in [-0.1, -0.05) is 13.2 Å². The van der Waals surface area contributed by atoms with Crippen LogP contribution in [0.15, 0.2) is 48.6 Å². The van der Waals surface area contributed by atoms with E-state index in [1.54, 1.807) is 11.9 Å². The molecule has 0 aliphatic heterocycles. The Morgan fingerprint density at radius 2 is 1.48 bits per heavy atom. The standard InChI is InChI=1S/C17H23NO8S/c1-5-15(19)24-11-10-18(3)9-7-8-14(27(4,22)23)17(21)26-13-12-25-16(20)6-2/h5-9H,1-2,10-13H2,3-4H3. The third kappa shape index (κ3) is 11.4. The summed E-state index contributed by atoms with van der Waals surface area (Å²) in [6.07, 6.45) is 6.77. The molecule has 0 aliphatic carbocycles. The number of esters is 3. The van der Waals surface area contributed by atoms with E-state index in [4.69, 9.17) is 9.47 Å². The largest absolute Gasteiger partial charge is 0.461 e. The van der Waals surface area contributed by atoms with E-state index >= 15 is 0 Å². The van der Waals surface area contributed by atoms with E-state index < -0.39 is 32.7 Å². The Bertz CT molecular complexity index is 721. The first-order valence-electron chi connectivity index (χ1n) is 7.66. The lowest BCUT2D eigenvalue weighted by Gasteiger charge is -2.13. The zero-order valence-electron chi connectivity index (χ0n) is 15.3. The van der Waals surface area contributed by atoms with Crippen LogP contribution in [0.3, 0.4) is 0 Å². The number of ether oxygens (including phenoxy) is 3. The first kappa shape index (κ1) is 24.1. The molecule has 0 aromatic rings. The van der Waals surface area contributed by atoms with Crippen molar-refractivity contribution in [2.24, 2.45) is 0 Å². The monoisotopic (exact) mass is 401 g/mol. The molecule has 0 radical (unpaired) electrons. The number of sulfone groups is 1. The summed E-state index contributed by atoms with van der Waals surface area (Å²) in [6, 6.07) is 0. The molecule has 0 fully saturated rings. The molecule has 0 atom stereocenters. The molecule has 0 heterocycles. The molecular weight excluding hydrogens is 378 g/mol. The van der Waals surface area contributed by atoms with Gasteiger partial charge in [-0.25, -0.2) is 22.8 Å². The van der Waals surface area contributed by atoms with Crippen LogP contribution in [0.2, 0.25) is 0 Å². The fourth-order valence-electron chi connectivity index (χ4n) is 1.45. The average Bonchev–Trinajstić information content (AvgIpc) is 2.60. The van der Waals surface area contributed by atoms with Gasteiger partial charge in [-0.3, -0.25) is 0 Å². The van der Waals surface area contributed by atoms with Crippen molar-refractivity contribution in [2.75, 3.05) is 39.7 Å². The molecule has 9 nitrogen and oxygen atoms in total. The number of nitrogens with zero attached hydrogens (tertiary/aromatic N) is 1. The predicted octanol–water partition coefficient (Wildman–Crippen LogP) is 0.362. The highest BCUT2D eigenvalue weighted by Crippen LogP contribution is 2.08. The smallest absolute Gasteiger partial charge is 0.349 e. The third-order valence-corrected chi connectivity index (χ3v) is 3.87. The highest BCUT2D eigenvalue weighted by Gasteiger charge is 2.21. The average molecular weight is 401 g/mol. The van der Waals surface area contributed by atoms with Gasteiger partial charge in [0, 0.05) is 25.5 Å². The van der Waals surface area contributed by atoms with Crippen molar-refractivity contribution in [2.45, 2.75) is 0 Å². The molecule has 10 heteroatoms. The maximum absolute atomic E-state index is 11.9. The van der Waals surface area contributed by atoms with Crippen molar-refractivity contribution >= 4 is 27.7 Å². The Hall–Kier alpha value is -2.88. The van der Waals surface area contributed by atoms with Gasteiger partial charge in [0.05, 0.1) is 6.54 Å². The molecule has 0 saturated carbocycles. The number of carbonyl (C=O) groups excluding carboxylic acids is 3. The van der Waals surface area contributed by atoms with Crippen LogP contribution in [0.25, 0.3) is 0 Å². The van der Waals surface area contributed by atoms with E-state index in [0.717, 1.165) is 24.5 Å². The van der Waals surface area contributed by atoms with Crippen molar-refractivity contribution < 1.29 is 37.0 Å². The summed E-state index contributed by atoms with van der Waals surface area (Å²) in [7, 11) is -2.17. The molecule has 0 unspecified atom stereocenters. The molecule has 0 aromatic heterocycles. The van der Waals surface area contributed by atoms with Crippen LogP contribution in [0.5, 0.6) is 0 Å². The highest BCUT2D eigenvalue weighted by molar-refractivity contribution is 7.95. The quantitative estimate of drug-likeness (QED) is 0.150. The molecule has 0 spiro atoms. The molecule has 0 bridgehead atoms. The minimum atomic E-state index is -3.84. The summed E-state index contributed by atoms with van der Waals surface area (Å²) in [5.41, 5.74) is 0. The normalized spacial score (nSPS) is 11.6. The third-order valence-electron chi connectivity index (χ3n) is 2.77. The Morgan fingerprint density at radius 1 is 0.963 bits per heavy atom. The minimum Gasteiger partial charge on any atom is -0.461 e. The Morgan fingerprint density at radius 3 is 2.00 bits per heavy atom. The topological polar surface area (TPSA) is 116 Å². The van der Waals surface area contributed by atoms with Crippen LogP contribution < -0.4 is 0 Å². The first-order chi connectivity index (χ1) is 12.6. The molecule has 150 valence electrons. The van der Waals surface area contributed by atoms with Gasteiger partial charge in [0.25, 0.3) is 0 Å². The fourth-order valence-corrected chi connectivity index (χ4v) is 2.14. The number of hydrogen-bond donors (Lipinski definition) is 0. The van der Waals surface area contributed by atoms with Crippen molar-refractivity contribution in [3.8, 4) is 0 Å². The second-order valence-electron chi connectivity index (χ2n) is 5.00. The molecule has 0 amide bonds. The SMILES string of the molecule is C=CC(=O)OCCOC(=O)C(=CC=CN(C)CCOC(=O)C=C)S(C)(=O)=O. The Kier molecular flexibility index (Phi) is 11.1. The van der Waals surface area contributed by atoms with E-state index in [-0.39, 0.29) is 19.8 Å². The highest BCUT2D eigenvalue weighted by atomic mass is 32.2. The van der Waals surface area contributed by atoms with Crippen molar-refractivity contribution in [3.05, 3.63) is 48.6 Å². The van der Waals surface area contributed by atoms with Crippen LogP contribution in [0, 0.1) is 0 Å². The van der Waals surface area contributed by atoms with Crippen LogP contribution in [-0.2, 0) is 38.4 Å². The lowest BCUT2D eigenvalue weighted by molar-refractivity contribution is -0.146. The number of allylic oxidation sites excluding steroid dienone is 2. The van der Waals surface area contributed by atoms with Crippen LogP contribution in [0.4, 0.5) is 0 Å². The van der Waals surface area contributed by atoms with Crippen LogP contribution in [0.1, 0.15) is 0 Å². The molecule has 0 rings (SSSR count). The molecule has 0 N–H and O–H groups in total. The van der Waals surface area contributed by atoms with E-state index in [1.165, 1.54) is 12.3 Å². The maximum atomic E-state index is 11.9. The van der Waals surface area contributed by atoms with Gasteiger partial charge < -0.3 is 19.1 Å². The maximum Gasteiger partial charge on any atom is 0.349 e. The summed E-state index contributed by atoms with van der Waals surface area (Å²) in [5, 5.41) is 0. The molecule has 27 heavy (non-hydrogen) atoms. The summed E-state index contributed by atoms with van der Waals surface area (Å²) >= 11 is 0. The Labute approximate surface area is 158 Å². The summed E-state index contributed by atoms with van der Waals surface area (Å²) in [6.45, 7) is 6.40. The predicted molar refractivity (Wildman–Crippen MR) is 98.0 cm³/mol. The number of hydrogen-bond acceptors (Lipinski definition) is 9. The van der Waals surface area contributed by atoms with E-state index in [9.17, 15) is 22.8 Å². The van der Waals surface area contributed by atoms with Gasteiger partial charge in [-0.2, -0.15) is 0 Å². The second-order valence-corrected chi connectivity index (χ2v) is 6.99. The summed E-state index contributed by atoms with van der Waals surface area (Å²) < 4.78 is 37.7. The fraction of sp³-hybridized carbons (Fsp3) is 0.353. The number of likely N-dealkylation sites (N-methyl/N-ethyl adjacent to an activating group) is 1. The molecule has 0 aromatic carbocycles. The first-order valence-corrected chi connectivity index (χ1v) is 9.55. The lowest BCUT2D eigenvalue weighted by atomic mass is 10.4. The Balaban J connectivity index is 4.72. The van der Waals surface area contributed by atoms with Crippen molar-refractivity contribution in [1.29, 1.82) is 0 Å². The van der Waals surface area contributed by atoms with E-state index in [2.05, 4.69) is 17.9 Å². The van der Waals surface area contributed by atoms with Gasteiger partial charge >= 0.3 is 17.9 Å². The zero-order valence-corrected chi connectivity index (χ0v) is 16.1. The van der Waals surface area contributed by atoms with Crippen molar-refractivity contribution in [3.63, 3.8) is 0 Å². The van der Waals surface area contributed by atoms with Crippen LogP contribution in [-0.4, -0.2) is 70.9 Å². The summed E-state index contributed by atoms with van der Waals surface area (Å²) in [4.78, 5) is 34.7. The lowest BCUT2D eigenvalue weighted by Crippen LogP contribution is -2.19. The van der Waals surface area contributed by atoms with Gasteiger partial charge in [0.2, 0.25) is 0 Å². The summed E-state index contributed by atoms with van der Waals surface area (Å²) in [5.74, 6) is -2.30. The minimum absolute atomic E-state index is 0.111. The number of carbonyl (C=O) groups is 3. The molecular formula is C17H23NO8S. The van der Waals surface area contributed by atoms with Crippen LogP contribution >= 0.6 is 0 Å². The zero-order chi connectivity index (χ0) is 20.9. The van der Waals surface area contributed by atoms with Gasteiger partial charge in [0.15, 0.2) is 14.7 Å². The molecule has 0 aliphatic rings. The van der Waals surface area contributed by atoms with Gasteiger partial charge in [0.1, 0.15) is 19.8 Å². The van der Waals surface area contributed by atoms with E-state index in [1.807, 2.05) is 0 Å². The second kappa shape index (κ2) is 12.5. The van der Waals surface area contributed by atoms with Gasteiger partial charge in [-0.15, -0.1) is 0 Å². The molecule has 0 saturated heterocycles. The van der Waals surface area contributed by atoms with Crippen molar-refractivity contribution in [1.82, 2.24) is 4.90 Å².